The molecule has 2 aromatic carbocycles. The molecule has 0 saturated carbocycles. The van der Waals surface area contributed by atoms with E-state index in [1.165, 1.54) is 10.9 Å². The highest BCUT2D eigenvalue weighted by Gasteiger charge is 2.28. The molecule has 10 nitrogen and oxygen atoms in total. The number of aliphatic hydroxyl groups excluding tert-OH is 1. The number of hydrogen-bond donors (Lipinski definition) is 2. The highest BCUT2D eigenvalue weighted by Crippen LogP contribution is 2.31. The van der Waals surface area contributed by atoms with Gasteiger partial charge in [-0.2, -0.15) is 0 Å². The number of aliphatic hydroxyl groups is 1. The Bertz CT molecular complexity index is 1560. The third-order valence-electron chi connectivity index (χ3n) is 6.29. The van der Waals surface area contributed by atoms with E-state index in [0.717, 1.165) is 27.8 Å². The number of nitrogens with one attached hydrogen (secondary N) is 1. The van der Waals surface area contributed by atoms with E-state index in [0.29, 0.717) is 42.3 Å². The molecule has 1 aliphatic heterocycles. The van der Waals surface area contributed by atoms with Crippen LogP contribution in [-0.2, 0) is 24.3 Å². The second-order valence-corrected chi connectivity index (χ2v) is 10.6. The molecule has 202 valence electrons. The largest absolute Gasteiger partial charge is 0.444 e. The van der Waals surface area contributed by atoms with E-state index >= 15 is 0 Å². The molecular weight excluding hydrogens is 498 g/mol. The van der Waals surface area contributed by atoms with Crippen molar-refractivity contribution in [1.82, 2.24) is 19.4 Å². The van der Waals surface area contributed by atoms with Crippen LogP contribution in [0.1, 0.15) is 43.2 Å². The molecule has 0 fully saturated rings. The Kier molecular flexibility index (Phi) is 6.96. The zero-order valence-corrected chi connectivity index (χ0v) is 22.4. The van der Waals surface area contributed by atoms with E-state index in [1.54, 1.807) is 23.2 Å². The number of fused-ring (bicyclic) bond motifs is 2. The van der Waals surface area contributed by atoms with Crippen molar-refractivity contribution in [3.63, 3.8) is 0 Å². The minimum Gasteiger partial charge on any atom is -0.444 e. The number of ether oxygens (including phenoxy) is 2. The number of benzene rings is 2. The molecule has 10 heteroatoms. The predicted octanol–water partition coefficient (Wildman–Crippen LogP) is 5.40. The van der Waals surface area contributed by atoms with Crippen LogP contribution in [-0.4, -0.2) is 48.8 Å². The van der Waals surface area contributed by atoms with E-state index in [-0.39, 0.29) is 18.7 Å². The predicted molar refractivity (Wildman–Crippen MR) is 146 cm³/mol. The molecular formula is C29H31N5O5. The lowest BCUT2D eigenvalue weighted by Crippen LogP contribution is -2.40. The maximum atomic E-state index is 13.0. The zero-order chi connectivity index (χ0) is 27.7. The Morgan fingerprint density at radius 2 is 1.92 bits per heavy atom. The van der Waals surface area contributed by atoms with Gasteiger partial charge in [0.2, 0.25) is 5.88 Å². The van der Waals surface area contributed by atoms with Crippen LogP contribution in [0, 0.1) is 6.92 Å². The van der Waals surface area contributed by atoms with Gasteiger partial charge in [-0.15, -0.1) is 0 Å². The Balaban J connectivity index is 1.32. The summed E-state index contributed by atoms with van der Waals surface area (Å²) in [4.78, 5) is 35.8. The molecule has 3 heterocycles. The van der Waals surface area contributed by atoms with E-state index < -0.39 is 5.60 Å². The van der Waals surface area contributed by atoms with Crippen molar-refractivity contribution in [1.29, 1.82) is 0 Å². The number of nitrogens with zero attached hydrogens (tertiary/aromatic N) is 4. The molecule has 39 heavy (non-hydrogen) atoms. The fourth-order valence-corrected chi connectivity index (χ4v) is 4.58. The van der Waals surface area contributed by atoms with Gasteiger partial charge in [-0.1, -0.05) is 6.07 Å². The summed E-state index contributed by atoms with van der Waals surface area (Å²) in [6, 6.07) is 12.4. The monoisotopic (exact) mass is 529 g/mol. The van der Waals surface area contributed by atoms with Crippen molar-refractivity contribution in [2.75, 3.05) is 11.9 Å². The van der Waals surface area contributed by atoms with Crippen LogP contribution in [0.5, 0.6) is 11.6 Å². The molecule has 0 saturated heterocycles. The smallest absolute Gasteiger partial charge is 0.410 e. The normalized spacial score (nSPS) is 13.2. The maximum Gasteiger partial charge on any atom is 0.410 e. The van der Waals surface area contributed by atoms with Crippen molar-refractivity contribution >= 4 is 28.7 Å². The second-order valence-electron chi connectivity index (χ2n) is 10.6. The highest BCUT2D eigenvalue weighted by atomic mass is 16.6. The Hall–Kier alpha value is -4.44. The first-order chi connectivity index (χ1) is 18.6. The summed E-state index contributed by atoms with van der Waals surface area (Å²) in [6.07, 6.45) is 3.30. The number of aryl methyl sites for hydroxylation is 1. The lowest BCUT2D eigenvalue weighted by atomic mass is 10.1. The zero-order valence-electron chi connectivity index (χ0n) is 22.4. The van der Waals surface area contributed by atoms with Gasteiger partial charge in [0.1, 0.15) is 17.7 Å². The van der Waals surface area contributed by atoms with E-state index in [1.807, 2.05) is 58.0 Å². The second kappa shape index (κ2) is 10.4. The molecule has 0 bridgehead atoms. The van der Waals surface area contributed by atoms with E-state index in [4.69, 9.17) is 9.47 Å². The molecule has 2 aromatic heterocycles. The number of rotatable bonds is 4. The molecule has 4 aromatic rings. The van der Waals surface area contributed by atoms with Crippen LogP contribution in [0.25, 0.3) is 10.9 Å². The fraction of sp³-hybridized carbons (Fsp3) is 0.310. The summed E-state index contributed by atoms with van der Waals surface area (Å²) in [6.45, 7) is 8.12. The van der Waals surface area contributed by atoms with Crippen LogP contribution in [0.2, 0.25) is 0 Å². The Morgan fingerprint density at radius 1 is 1.10 bits per heavy atom. The van der Waals surface area contributed by atoms with Crippen LogP contribution in [0.4, 0.5) is 15.3 Å². The van der Waals surface area contributed by atoms with Crippen LogP contribution < -0.4 is 10.1 Å². The SMILES string of the molecule is Cc1cc(CO)cc(NC(=O)n2ccc3cc(Oc4ncnc5c4CCN(C(=O)OC(C)(C)C)C5)ccc32)c1. The van der Waals surface area contributed by atoms with Crippen molar-refractivity contribution in [2.24, 2.45) is 0 Å². The summed E-state index contributed by atoms with van der Waals surface area (Å²) in [5.41, 5.74) is 4.02. The third-order valence-corrected chi connectivity index (χ3v) is 6.29. The van der Waals surface area contributed by atoms with Gasteiger partial charge in [-0.3, -0.25) is 4.57 Å². The minimum absolute atomic E-state index is 0.0999. The van der Waals surface area contributed by atoms with E-state index in [2.05, 4.69) is 15.3 Å². The topological polar surface area (TPSA) is 119 Å². The number of hydrogen-bond acceptors (Lipinski definition) is 7. The van der Waals surface area contributed by atoms with Gasteiger partial charge in [0, 0.05) is 29.4 Å². The van der Waals surface area contributed by atoms with Gasteiger partial charge in [-0.05, 0) is 81.6 Å². The van der Waals surface area contributed by atoms with Crippen LogP contribution >= 0.6 is 0 Å². The quantitative estimate of drug-likeness (QED) is 0.363. The molecule has 2 N–H and O–H groups in total. The minimum atomic E-state index is -0.570. The first kappa shape index (κ1) is 26.2. The number of aromatic nitrogens is 3. The Labute approximate surface area is 226 Å². The van der Waals surface area contributed by atoms with Crippen molar-refractivity contribution in [3.05, 3.63) is 77.4 Å². The first-order valence-corrected chi connectivity index (χ1v) is 12.7. The number of carbonyl (C=O) groups is 2. The molecule has 0 radical (unpaired) electrons. The number of anilines is 1. The van der Waals surface area contributed by atoms with Gasteiger partial charge in [0.05, 0.1) is 24.4 Å². The summed E-state index contributed by atoms with van der Waals surface area (Å²) in [5.74, 6) is 1.02. The average Bonchev–Trinajstić information content (AvgIpc) is 3.30. The Morgan fingerprint density at radius 3 is 2.69 bits per heavy atom. The molecule has 0 atom stereocenters. The van der Waals surface area contributed by atoms with Gasteiger partial charge in [0.25, 0.3) is 0 Å². The molecule has 2 amide bonds. The van der Waals surface area contributed by atoms with Crippen LogP contribution in [0.3, 0.4) is 0 Å². The summed E-state index contributed by atoms with van der Waals surface area (Å²) >= 11 is 0. The van der Waals surface area contributed by atoms with Gasteiger partial charge in [-0.25, -0.2) is 19.6 Å². The molecule has 0 spiro atoms. The molecule has 0 unspecified atom stereocenters. The summed E-state index contributed by atoms with van der Waals surface area (Å²) < 4.78 is 13.2. The standard InChI is InChI=1S/C29H31N5O5/c1-18-11-19(16-35)13-21(12-18)32-27(36)34-10-7-20-14-22(5-6-25(20)34)38-26-23-8-9-33(15-24(23)30-17-31-26)28(37)39-29(2,3)4/h5-7,10-14,17,35H,8-9,15-16H2,1-4H3,(H,32,36). The maximum absolute atomic E-state index is 13.0. The molecule has 5 rings (SSSR count). The van der Waals surface area contributed by atoms with Crippen molar-refractivity contribution in [2.45, 2.75) is 52.9 Å². The van der Waals surface area contributed by atoms with Gasteiger partial charge in [0.15, 0.2) is 0 Å². The van der Waals surface area contributed by atoms with Gasteiger partial charge < -0.3 is 24.8 Å². The van der Waals surface area contributed by atoms with Crippen molar-refractivity contribution < 1.29 is 24.2 Å². The third kappa shape index (κ3) is 5.85. The highest BCUT2D eigenvalue weighted by molar-refractivity contribution is 5.98. The summed E-state index contributed by atoms with van der Waals surface area (Å²) in [7, 11) is 0. The lowest BCUT2D eigenvalue weighted by Gasteiger charge is -2.30. The number of carbonyl (C=O) groups excluding carboxylic acids is 2. The molecule has 1 aliphatic rings. The summed E-state index contributed by atoms with van der Waals surface area (Å²) in [5, 5.41) is 13.2. The number of amides is 2. The van der Waals surface area contributed by atoms with Crippen LogP contribution in [0.15, 0.2) is 55.0 Å². The lowest BCUT2D eigenvalue weighted by molar-refractivity contribution is 0.0219. The first-order valence-electron chi connectivity index (χ1n) is 12.7. The average molecular weight is 530 g/mol. The van der Waals surface area contributed by atoms with Crippen molar-refractivity contribution in [3.8, 4) is 11.6 Å². The van der Waals surface area contributed by atoms with E-state index in [9.17, 15) is 14.7 Å². The van der Waals surface area contributed by atoms with Gasteiger partial charge >= 0.3 is 12.1 Å². The molecule has 0 aliphatic carbocycles. The fourth-order valence-electron chi connectivity index (χ4n) is 4.58.